The number of anilines is 1. The number of hydrogen-bond acceptors (Lipinski definition) is 8. The van der Waals surface area contributed by atoms with Crippen LogP contribution in [-0.2, 0) is 19.1 Å². The maximum Gasteiger partial charge on any atom is 0.355 e. The van der Waals surface area contributed by atoms with E-state index in [1.807, 2.05) is 6.07 Å². The van der Waals surface area contributed by atoms with Crippen molar-refractivity contribution in [1.29, 1.82) is 5.26 Å². The first-order chi connectivity index (χ1) is 16.3. The van der Waals surface area contributed by atoms with Crippen LogP contribution < -0.4 is 10.6 Å². The second-order valence-electron chi connectivity index (χ2n) is 7.51. The summed E-state index contributed by atoms with van der Waals surface area (Å²) in [4.78, 5) is 27.2. The quantitative estimate of drug-likeness (QED) is 0.567. The minimum absolute atomic E-state index is 0.0158. The molecule has 34 heavy (non-hydrogen) atoms. The van der Waals surface area contributed by atoms with Crippen LogP contribution in [0.4, 0.5) is 10.1 Å². The van der Waals surface area contributed by atoms with Gasteiger partial charge in [-0.05, 0) is 24.6 Å². The van der Waals surface area contributed by atoms with E-state index in [2.05, 4.69) is 10.2 Å². The monoisotopic (exact) mass is 461 g/mol. The lowest BCUT2D eigenvalue weighted by atomic mass is 9.81. The molecule has 2 aromatic carbocycles. The number of methoxy groups -OCH3 is 2. The Balaban J connectivity index is 2.09. The van der Waals surface area contributed by atoms with Crippen molar-refractivity contribution in [2.75, 3.05) is 19.1 Å². The number of aromatic nitrogens is 2. The highest BCUT2D eigenvalue weighted by molar-refractivity contribution is 6.06. The fourth-order valence-electron chi connectivity index (χ4n) is 4.15. The number of hydrogen-bond donors (Lipinski definition) is 2. The van der Waals surface area contributed by atoms with E-state index in [0.29, 0.717) is 11.3 Å². The van der Waals surface area contributed by atoms with E-state index in [4.69, 9.17) is 15.2 Å². The number of halogens is 1. The van der Waals surface area contributed by atoms with Crippen molar-refractivity contribution in [2.24, 2.45) is 5.73 Å². The van der Waals surface area contributed by atoms with Crippen LogP contribution in [-0.4, -0.2) is 36.4 Å². The second-order valence-corrected chi connectivity index (χ2v) is 7.51. The summed E-state index contributed by atoms with van der Waals surface area (Å²) in [6, 6.07) is 13.3. The van der Waals surface area contributed by atoms with Crippen molar-refractivity contribution in [3.8, 4) is 6.07 Å². The normalized spacial score (nSPS) is 16.0. The van der Waals surface area contributed by atoms with Crippen LogP contribution in [0.1, 0.15) is 17.2 Å². The summed E-state index contributed by atoms with van der Waals surface area (Å²) in [5.74, 6) is -3.57. The number of aryl methyl sites for hydroxylation is 1. The highest BCUT2D eigenvalue weighted by Gasteiger charge is 2.43. The predicted molar refractivity (Wildman–Crippen MR) is 120 cm³/mol. The molecule has 0 radical (unpaired) electrons. The first-order valence-electron chi connectivity index (χ1n) is 10.1. The number of aromatic amines is 1. The van der Waals surface area contributed by atoms with Gasteiger partial charge in [-0.3, -0.25) is 10.00 Å². The molecule has 1 atom stereocenters. The molecule has 10 heteroatoms. The molecule has 1 aromatic heterocycles. The summed E-state index contributed by atoms with van der Waals surface area (Å²) >= 11 is 0. The zero-order valence-corrected chi connectivity index (χ0v) is 18.5. The van der Waals surface area contributed by atoms with Crippen LogP contribution in [0.15, 0.2) is 65.1 Å². The number of fused-ring (bicyclic) bond motifs is 1. The lowest BCUT2D eigenvalue weighted by Crippen LogP contribution is -2.40. The molecule has 4 rings (SSSR count). The smallest absolute Gasteiger partial charge is 0.355 e. The maximum atomic E-state index is 15.0. The van der Waals surface area contributed by atoms with Gasteiger partial charge in [0.25, 0.3) is 0 Å². The van der Waals surface area contributed by atoms with Gasteiger partial charge in [-0.2, -0.15) is 10.4 Å². The van der Waals surface area contributed by atoms with E-state index in [9.17, 15) is 14.9 Å². The summed E-state index contributed by atoms with van der Waals surface area (Å²) in [5.41, 5.74) is 7.35. The van der Waals surface area contributed by atoms with Gasteiger partial charge in [0, 0.05) is 5.69 Å². The molecule has 0 bridgehead atoms. The van der Waals surface area contributed by atoms with E-state index >= 15 is 4.39 Å². The van der Waals surface area contributed by atoms with E-state index in [1.165, 1.54) is 6.07 Å². The number of nitriles is 1. The van der Waals surface area contributed by atoms with Crippen LogP contribution in [0.25, 0.3) is 10.9 Å². The van der Waals surface area contributed by atoms with E-state index in [0.717, 1.165) is 25.2 Å². The number of carbonyl (C=O) groups excluding carboxylic acids is 2. The number of allylic oxidation sites excluding steroid dienone is 1. The van der Waals surface area contributed by atoms with Crippen LogP contribution in [0, 0.1) is 24.1 Å². The molecule has 0 saturated heterocycles. The predicted octanol–water partition coefficient (Wildman–Crippen LogP) is 2.91. The van der Waals surface area contributed by atoms with Crippen LogP contribution in [0.5, 0.6) is 0 Å². The molecular weight excluding hydrogens is 441 g/mol. The van der Waals surface area contributed by atoms with E-state index < -0.39 is 23.7 Å². The summed E-state index contributed by atoms with van der Waals surface area (Å²) in [6.45, 7) is 1.67. The molecule has 9 nitrogen and oxygen atoms in total. The zero-order chi connectivity index (χ0) is 24.6. The molecule has 0 spiro atoms. The molecule has 172 valence electrons. The van der Waals surface area contributed by atoms with Crippen LogP contribution in [0.3, 0.4) is 0 Å². The fraction of sp³-hybridized carbons (Fsp3) is 0.167. The van der Waals surface area contributed by atoms with Gasteiger partial charge in [-0.15, -0.1) is 0 Å². The standard InChI is InChI=1S/C24H20FN5O4/c1-12-18-16(25)9-14(10-17(18)29-28-12)30-21(24(32)34-3)20(23(31)33-2)19(15(11-26)22(30)27)13-7-5-4-6-8-13/h4-10,19H,27H2,1-3H3,(H,28,29). The Labute approximate surface area is 193 Å². The Kier molecular flexibility index (Phi) is 5.77. The average molecular weight is 461 g/mol. The molecule has 2 heterocycles. The Bertz CT molecular complexity index is 1420. The van der Waals surface area contributed by atoms with Crippen LogP contribution in [0.2, 0.25) is 0 Å². The van der Waals surface area contributed by atoms with Crippen molar-refractivity contribution in [3.63, 3.8) is 0 Å². The number of nitrogens with two attached hydrogens (primary N) is 1. The van der Waals surface area contributed by atoms with Gasteiger partial charge in [0.05, 0.1) is 53.9 Å². The Morgan fingerprint density at radius 3 is 2.47 bits per heavy atom. The van der Waals surface area contributed by atoms with Gasteiger partial charge in [0.1, 0.15) is 17.3 Å². The number of nitrogens with zero attached hydrogens (tertiary/aromatic N) is 3. The largest absolute Gasteiger partial charge is 0.466 e. The third-order valence-electron chi connectivity index (χ3n) is 5.64. The van der Waals surface area contributed by atoms with Gasteiger partial charge in [-0.1, -0.05) is 30.3 Å². The Morgan fingerprint density at radius 1 is 1.18 bits per heavy atom. The SMILES string of the molecule is COC(=O)C1=C(C(=O)OC)N(c2cc(F)c3c(C)[nH]nc3c2)C(N)=C(C#N)C1c1ccccc1. The lowest BCUT2D eigenvalue weighted by molar-refractivity contribution is -0.139. The first-order valence-corrected chi connectivity index (χ1v) is 10.1. The van der Waals surface area contributed by atoms with Crippen molar-refractivity contribution >= 4 is 28.5 Å². The van der Waals surface area contributed by atoms with Gasteiger partial charge in [-0.25, -0.2) is 14.0 Å². The zero-order valence-electron chi connectivity index (χ0n) is 18.5. The van der Waals surface area contributed by atoms with Crippen molar-refractivity contribution in [3.05, 3.63) is 82.2 Å². The molecular formula is C24H20FN5O4. The number of benzene rings is 2. The molecule has 1 unspecified atom stereocenters. The molecule has 3 aromatic rings. The third kappa shape index (κ3) is 3.44. The van der Waals surface area contributed by atoms with Crippen molar-refractivity contribution in [2.45, 2.75) is 12.8 Å². The number of H-pyrrole nitrogens is 1. The Morgan fingerprint density at radius 2 is 1.85 bits per heavy atom. The third-order valence-corrected chi connectivity index (χ3v) is 5.64. The highest BCUT2D eigenvalue weighted by atomic mass is 19.1. The van der Waals surface area contributed by atoms with Gasteiger partial charge in [0.15, 0.2) is 0 Å². The van der Waals surface area contributed by atoms with Crippen molar-refractivity contribution in [1.82, 2.24) is 10.2 Å². The first kappa shape index (κ1) is 22.5. The number of rotatable bonds is 4. The average Bonchev–Trinajstić information content (AvgIpc) is 3.23. The maximum absolute atomic E-state index is 15.0. The molecule has 0 amide bonds. The molecule has 1 aliphatic rings. The summed E-state index contributed by atoms with van der Waals surface area (Å²) in [6.07, 6.45) is 0. The highest BCUT2D eigenvalue weighted by Crippen LogP contribution is 2.43. The summed E-state index contributed by atoms with van der Waals surface area (Å²) in [5, 5.41) is 17.1. The van der Waals surface area contributed by atoms with E-state index in [1.54, 1.807) is 37.3 Å². The number of nitrogens with one attached hydrogen (secondary N) is 1. The van der Waals surface area contributed by atoms with Gasteiger partial charge < -0.3 is 15.2 Å². The molecule has 0 aliphatic carbocycles. The minimum Gasteiger partial charge on any atom is -0.466 e. The van der Waals surface area contributed by atoms with Gasteiger partial charge in [0.2, 0.25) is 0 Å². The molecule has 0 saturated carbocycles. The lowest BCUT2D eigenvalue weighted by Gasteiger charge is -2.35. The van der Waals surface area contributed by atoms with E-state index in [-0.39, 0.29) is 39.3 Å². The van der Waals surface area contributed by atoms with Crippen LogP contribution >= 0.6 is 0 Å². The molecule has 3 N–H and O–H groups in total. The minimum atomic E-state index is -1.01. The molecule has 1 aliphatic heterocycles. The fourth-order valence-corrected chi connectivity index (χ4v) is 4.15. The molecule has 0 fully saturated rings. The Hall–Kier alpha value is -4.65. The van der Waals surface area contributed by atoms with Gasteiger partial charge >= 0.3 is 11.9 Å². The summed E-state index contributed by atoms with van der Waals surface area (Å²) < 4.78 is 25.0. The number of esters is 2. The summed E-state index contributed by atoms with van der Waals surface area (Å²) in [7, 11) is 2.29. The number of ether oxygens (including phenoxy) is 2. The van der Waals surface area contributed by atoms with Crippen molar-refractivity contribution < 1.29 is 23.5 Å². The second kappa shape index (κ2) is 8.71. The topological polar surface area (TPSA) is 134 Å². The number of carbonyl (C=O) groups is 2.